The molecule has 1 aliphatic rings. The molecule has 13 heavy (non-hydrogen) atoms. The minimum atomic E-state index is -4.41. The Morgan fingerprint density at radius 2 is 2.31 bits per heavy atom. The van der Waals surface area contributed by atoms with Gasteiger partial charge in [0.1, 0.15) is 0 Å². The molecule has 0 fully saturated rings. The van der Waals surface area contributed by atoms with Crippen molar-refractivity contribution in [1.82, 2.24) is 5.06 Å². The predicted octanol–water partition coefficient (Wildman–Crippen LogP) is 1.14. The first-order valence-corrected chi connectivity index (χ1v) is 3.37. The van der Waals surface area contributed by atoms with E-state index in [-0.39, 0.29) is 12.4 Å². The fourth-order valence-corrected chi connectivity index (χ4v) is 0.665. The molecule has 1 rings (SSSR count). The van der Waals surface area contributed by atoms with Crippen molar-refractivity contribution >= 4 is 6.21 Å². The lowest BCUT2D eigenvalue weighted by Gasteiger charge is -2.20. The summed E-state index contributed by atoms with van der Waals surface area (Å²) in [4.78, 5) is 3.53. The van der Waals surface area contributed by atoms with E-state index in [0.29, 0.717) is 5.06 Å². The first-order valence-electron chi connectivity index (χ1n) is 3.37. The number of ether oxygens (including phenoxy) is 1. The molecule has 0 saturated carbocycles. The fraction of sp³-hybridized carbons (Fsp3) is 0.500. The summed E-state index contributed by atoms with van der Waals surface area (Å²) in [6, 6.07) is 0. The van der Waals surface area contributed by atoms with Gasteiger partial charge in [0.25, 0.3) is 0 Å². The van der Waals surface area contributed by atoms with Gasteiger partial charge in [-0.1, -0.05) is 0 Å². The molecule has 0 spiro atoms. The van der Waals surface area contributed by atoms with Crippen molar-refractivity contribution in [2.24, 2.45) is 4.99 Å². The van der Waals surface area contributed by atoms with E-state index in [1.165, 1.54) is 6.21 Å². The van der Waals surface area contributed by atoms with Gasteiger partial charge in [0.05, 0.1) is 12.7 Å². The van der Waals surface area contributed by atoms with Gasteiger partial charge in [-0.05, 0) is 0 Å². The molecule has 74 valence electrons. The van der Waals surface area contributed by atoms with Crippen LogP contribution in [0, 0.1) is 0 Å². The number of hydrogen-bond donors (Lipinski definition) is 1. The summed E-state index contributed by atoms with van der Waals surface area (Å²) in [5.74, 6) is -0.306. The van der Waals surface area contributed by atoms with Crippen LogP contribution in [0.1, 0.15) is 0 Å². The zero-order valence-corrected chi connectivity index (χ0v) is 6.45. The van der Waals surface area contributed by atoms with Gasteiger partial charge in [0, 0.05) is 6.21 Å². The molecule has 0 aromatic rings. The molecule has 0 aliphatic carbocycles. The Morgan fingerprint density at radius 3 is 2.85 bits per heavy atom. The molecule has 0 aromatic carbocycles. The molecule has 0 saturated heterocycles. The van der Waals surface area contributed by atoms with Crippen molar-refractivity contribution < 1.29 is 23.1 Å². The molecular formula is C6H7F3N2O2. The van der Waals surface area contributed by atoms with Crippen molar-refractivity contribution in [2.75, 3.05) is 13.2 Å². The minimum Gasteiger partial charge on any atom is -0.467 e. The third-order valence-electron chi connectivity index (χ3n) is 1.18. The number of halogens is 3. The van der Waals surface area contributed by atoms with Gasteiger partial charge in [-0.3, -0.25) is 10.2 Å². The molecule has 4 nitrogen and oxygen atoms in total. The van der Waals surface area contributed by atoms with Crippen molar-refractivity contribution in [1.29, 1.82) is 0 Å². The number of rotatable bonds is 2. The molecule has 0 bridgehead atoms. The van der Waals surface area contributed by atoms with Crippen LogP contribution in [-0.2, 0) is 4.74 Å². The van der Waals surface area contributed by atoms with Crippen molar-refractivity contribution in [3.8, 4) is 0 Å². The van der Waals surface area contributed by atoms with Gasteiger partial charge >= 0.3 is 6.18 Å². The van der Waals surface area contributed by atoms with Crippen LogP contribution in [0.4, 0.5) is 13.2 Å². The molecule has 1 aliphatic heterocycles. The monoisotopic (exact) mass is 196 g/mol. The molecular weight excluding hydrogens is 189 g/mol. The molecule has 0 atom stereocenters. The van der Waals surface area contributed by atoms with Crippen LogP contribution in [0.15, 0.2) is 17.1 Å². The Balaban J connectivity index is 2.44. The lowest BCUT2D eigenvalue weighted by Crippen LogP contribution is -2.27. The number of nitrogens with zero attached hydrogens (tertiary/aromatic N) is 2. The SMILES string of the molecule is ON1CC=NC=C1OCC(F)(F)F. The zero-order valence-electron chi connectivity index (χ0n) is 6.45. The first-order chi connectivity index (χ1) is 5.99. The highest BCUT2D eigenvalue weighted by atomic mass is 19.4. The molecule has 1 heterocycles. The molecule has 1 N–H and O–H groups in total. The predicted molar refractivity (Wildman–Crippen MR) is 37.1 cm³/mol. The van der Waals surface area contributed by atoms with Crippen LogP contribution in [0.3, 0.4) is 0 Å². The highest BCUT2D eigenvalue weighted by Crippen LogP contribution is 2.17. The second-order valence-corrected chi connectivity index (χ2v) is 2.28. The normalized spacial score (nSPS) is 17.2. The highest BCUT2D eigenvalue weighted by Gasteiger charge is 2.29. The fourth-order valence-electron chi connectivity index (χ4n) is 0.665. The summed E-state index contributed by atoms with van der Waals surface area (Å²) in [6.45, 7) is -1.42. The average molecular weight is 196 g/mol. The Morgan fingerprint density at radius 1 is 1.62 bits per heavy atom. The standard InChI is InChI=1S/C6H7F3N2O2/c7-6(8,9)4-13-5-3-10-1-2-11(5)12/h1,3,12H,2,4H2. The molecule has 0 aromatic heterocycles. The summed E-state index contributed by atoms with van der Waals surface area (Å²) < 4.78 is 39.2. The quantitative estimate of drug-likeness (QED) is 0.720. The van der Waals surface area contributed by atoms with E-state index < -0.39 is 12.8 Å². The van der Waals surface area contributed by atoms with E-state index in [4.69, 9.17) is 5.21 Å². The Kier molecular flexibility index (Phi) is 2.76. The maximum absolute atomic E-state index is 11.6. The van der Waals surface area contributed by atoms with Crippen molar-refractivity contribution in [3.63, 3.8) is 0 Å². The number of alkyl halides is 3. The van der Waals surface area contributed by atoms with Crippen molar-refractivity contribution in [3.05, 3.63) is 12.1 Å². The Labute approximate surface area is 71.9 Å². The summed E-state index contributed by atoms with van der Waals surface area (Å²) in [5, 5.41) is 9.49. The molecule has 7 heteroatoms. The van der Waals surface area contributed by atoms with Crippen molar-refractivity contribution in [2.45, 2.75) is 6.18 Å². The Bertz CT molecular complexity index is 237. The summed E-state index contributed by atoms with van der Waals surface area (Å²) in [7, 11) is 0. The number of aliphatic imine (C=N–C) groups is 1. The van der Waals surface area contributed by atoms with E-state index in [1.807, 2.05) is 0 Å². The van der Waals surface area contributed by atoms with Crippen LogP contribution in [0.2, 0.25) is 0 Å². The number of hydrogen-bond acceptors (Lipinski definition) is 4. The summed E-state index contributed by atoms with van der Waals surface area (Å²) >= 11 is 0. The van der Waals surface area contributed by atoms with E-state index in [2.05, 4.69) is 9.73 Å². The van der Waals surface area contributed by atoms with Crippen LogP contribution in [-0.4, -0.2) is 35.8 Å². The zero-order chi connectivity index (χ0) is 9.90. The van der Waals surface area contributed by atoms with E-state index in [1.54, 1.807) is 0 Å². The van der Waals surface area contributed by atoms with Crippen LogP contribution in [0.5, 0.6) is 0 Å². The molecule has 0 unspecified atom stereocenters. The third-order valence-corrected chi connectivity index (χ3v) is 1.18. The minimum absolute atomic E-state index is 0.0176. The lowest BCUT2D eigenvalue weighted by molar-refractivity contribution is -0.185. The third kappa shape index (κ3) is 3.32. The second-order valence-electron chi connectivity index (χ2n) is 2.28. The maximum atomic E-state index is 11.6. The summed E-state index contributed by atoms with van der Waals surface area (Å²) in [6.07, 6.45) is -2.07. The van der Waals surface area contributed by atoms with Gasteiger partial charge in [0.2, 0.25) is 5.88 Å². The smallest absolute Gasteiger partial charge is 0.422 e. The molecule has 0 radical (unpaired) electrons. The molecule has 0 amide bonds. The maximum Gasteiger partial charge on any atom is 0.422 e. The van der Waals surface area contributed by atoms with E-state index in [0.717, 1.165) is 6.20 Å². The second kappa shape index (κ2) is 3.65. The largest absolute Gasteiger partial charge is 0.467 e. The van der Waals surface area contributed by atoms with Gasteiger partial charge < -0.3 is 4.74 Å². The van der Waals surface area contributed by atoms with Gasteiger partial charge in [-0.15, -0.1) is 0 Å². The van der Waals surface area contributed by atoms with Gasteiger partial charge in [-0.25, -0.2) is 5.06 Å². The highest BCUT2D eigenvalue weighted by molar-refractivity contribution is 5.61. The lowest BCUT2D eigenvalue weighted by atomic mass is 10.6. The van der Waals surface area contributed by atoms with E-state index >= 15 is 0 Å². The average Bonchev–Trinajstić information content (AvgIpc) is 2.01. The first kappa shape index (κ1) is 9.85. The van der Waals surface area contributed by atoms with Gasteiger partial charge in [-0.2, -0.15) is 13.2 Å². The summed E-state index contributed by atoms with van der Waals surface area (Å²) in [5.41, 5.74) is 0. The topological polar surface area (TPSA) is 45.1 Å². The van der Waals surface area contributed by atoms with E-state index in [9.17, 15) is 13.2 Å². The number of hydroxylamine groups is 2. The Hall–Kier alpha value is -1.24. The van der Waals surface area contributed by atoms with Crippen LogP contribution in [0.25, 0.3) is 0 Å². The van der Waals surface area contributed by atoms with Crippen LogP contribution < -0.4 is 0 Å². The van der Waals surface area contributed by atoms with Gasteiger partial charge in [0.15, 0.2) is 6.61 Å². The van der Waals surface area contributed by atoms with Crippen LogP contribution >= 0.6 is 0 Å².